The minimum absolute atomic E-state index is 0.0438. The van der Waals surface area contributed by atoms with Gasteiger partial charge in [0.15, 0.2) is 0 Å². The van der Waals surface area contributed by atoms with Crippen molar-refractivity contribution in [1.29, 1.82) is 0 Å². The van der Waals surface area contributed by atoms with E-state index in [-0.39, 0.29) is 5.69 Å². The number of H-pyrrole nitrogens is 1. The number of allylic oxidation sites excluding steroid dienone is 3. The van der Waals surface area contributed by atoms with Gasteiger partial charge in [0.25, 0.3) is 5.56 Å². The van der Waals surface area contributed by atoms with E-state index < -0.39 is 11.2 Å². The minimum Gasteiger partial charge on any atom is -0.393 e. The normalized spacial score (nSPS) is 10.7. The predicted molar refractivity (Wildman–Crippen MR) is 59.7 cm³/mol. The van der Waals surface area contributed by atoms with E-state index in [0.29, 0.717) is 13.0 Å². The lowest BCUT2D eigenvalue weighted by atomic mass is 10.3. The van der Waals surface area contributed by atoms with Crippen LogP contribution in [0.3, 0.4) is 0 Å². The Kier molecular flexibility index (Phi) is 3.68. The zero-order valence-electron chi connectivity index (χ0n) is 8.27. The van der Waals surface area contributed by atoms with Crippen LogP contribution in [0.25, 0.3) is 0 Å². The van der Waals surface area contributed by atoms with Crippen molar-refractivity contribution in [3.63, 3.8) is 0 Å². The van der Waals surface area contributed by atoms with Crippen molar-refractivity contribution in [1.82, 2.24) is 9.55 Å². The van der Waals surface area contributed by atoms with Crippen LogP contribution in [-0.2, 0) is 6.54 Å². The first-order valence-electron chi connectivity index (χ1n) is 4.52. The number of aromatic amines is 1. The maximum Gasteiger partial charge on any atom is 0.328 e. The Morgan fingerprint density at radius 2 is 2.27 bits per heavy atom. The molecule has 5 nitrogen and oxygen atoms in total. The highest BCUT2D eigenvalue weighted by atomic mass is 16.2. The van der Waals surface area contributed by atoms with Crippen molar-refractivity contribution in [3.05, 3.63) is 51.8 Å². The Morgan fingerprint density at radius 3 is 2.93 bits per heavy atom. The van der Waals surface area contributed by atoms with Crippen LogP contribution in [0.5, 0.6) is 0 Å². The predicted octanol–water partition coefficient (Wildman–Crippen LogP) is 0.251. The maximum absolute atomic E-state index is 11.3. The number of anilines is 1. The number of nitrogens with one attached hydrogen (secondary N) is 1. The van der Waals surface area contributed by atoms with Gasteiger partial charge in [-0.1, -0.05) is 24.8 Å². The molecule has 0 spiro atoms. The minimum atomic E-state index is -0.544. The number of nitrogen functional groups attached to an aromatic ring is 1. The molecular formula is C10H13N3O2. The number of aryl methyl sites for hydroxylation is 1. The molecule has 0 amide bonds. The van der Waals surface area contributed by atoms with Gasteiger partial charge >= 0.3 is 5.69 Å². The highest BCUT2D eigenvalue weighted by Crippen LogP contribution is 1.91. The second kappa shape index (κ2) is 4.99. The number of aromatic nitrogens is 2. The first-order valence-corrected chi connectivity index (χ1v) is 4.52. The van der Waals surface area contributed by atoms with Crippen LogP contribution >= 0.6 is 0 Å². The van der Waals surface area contributed by atoms with Gasteiger partial charge in [-0.2, -0.15) is 0 Å². The van der Waals surface area contributed by atoms with E-state index in [1.807, 2.05) is 6.08 Å². The molecule has 0 bridgehead atoms. The molecule has 0 aliphatic carbocycles. The Balaban J connectivity index is 2.82. The molecule has 0 fully saturated rings. The third-order valence-corrected chi connectivity index (χ3v) is 1.85. The van der Waals surface area contributed by atoms with Crippen LogP contribution < -0.4 is 17.0 Å². The molecule has 3 N–H and O–H groups in total. The molecule has 0 saturated heterocycles. The highest BCUT2D eigenvalue weighted by molar-refractivity contribution is 5.30. The van der Waals surface area contributed by atoms with Crippen LogP contribution in [0.1, 0.15) is 6.42 Å². The van der Waals surface area contributed by atoms with Gasteiger partial charge < -0.3 is 5.73 Å². The summed E-state index contributed by atoms with van der Waals surface area (Å²) in [5.74, 6) is 0. The van der Waals surface area contributed by atoms with E-state index in [4.69, 9.17) is 5.73 Å². The Hall–Kier alpha value is -2.04. The maximum atomic E-state index is 11.3. The second-order valence-corrected chi connectivity index (χ2v) is 2.99. The van der Waals surface area contributed by atoms with E-state index in [1.165, 1.54) is 10.8 Å². The molecule has 0 saturated carbocycles. The summed E-state index contributed by atoms with van der Waals surface area (Å²) < 4.78 is 1.37. The molecular weight excluding hydrogens is 194 g/mol. The van der Waals surface area contributed by atoms with Crippen LogP contribution in [0.15, 0.2) is 40.6 Å². The monoisotopic (exact) mass is 207 g/mol. The largest absolute Gasteiger partial charge is 0.393 e. The van der Waals surface area contributed by atoms with E-state index in [1.54, 1.807) is 12.2 Å². The van der Waals surface area contributed by atoms with Gasteiger partial charge in [0.05, 0.1) is 0 Å². The van der Waals surface area contributed by atoms with E-state index in [0.717, 1.165) is 0 Å². The summed E-state index contributed by atoms with van der Waals surface area (Å²) in [6.45, 7) is 4.00. The number of nitrogens with zero attached hydrogens (tertiary/aromatic N) is 1. The lowest BCUT2D eigenvalue weighted by molar-refractivity contribution is 0.657. The summed E-state index contributed by atoms with van der Waals surface area (Å²) >= 11 is 0. The van der Waals surface area contributed by atoms with Crippen LogP contribution in [-0.4, -0.2) is 9.55 Å². The summed E-state index contributed by atoms with van der Waals surface area (Å²) in [6, 6.07) is 0. The number of nitrogens with two attached hydrogens (primary N) is 1. The number of hydrogen-bond acceptors (Lipinski definition) is 3. The molecule has 0 aromatic carbocycles. The zero-order valence-corrected chi connectivity index (χ0v) is 8.27. The summed E-state index contributed by atoms with van der Waals surface area (Å²) in [4.78, 5) is 24.3. The Bertz CT molecular complexity index is 482. The molecule has 5 heteroatoms. The molecule has 80 valence electrons. The summed E-state index contributed by atoms with van der Waals surface area (Å²) in [5, 5.41) is 0. The first-order chi connectivity index (χ1) is 7.15. The zero-order chi connectivity index (χ0) is 11.3. The molecule has 0 aliphatic heterocycles. The number of rotatable bonds is 4. The van der Waals surface area contributed by atoms with Crippen molar-refractivity contribution in [2.45, 2.75) is 13.0 Å². The Labute approximate surface area is 86.6 Å². The average molecular weight is 207 g/mol. The van der Waals surface area contributed by atoms with Gasteiger partial charge in [0.2, 0.25) is 0 Å². The molecule has 0 atom stereocenters. The standard InChI is InChI=1S/C10H13N3O2/c1-2-3-4-5-6-13-7-8(11)9(14)12-10(13)15/h2-4,7H,1,5-6,11H2,(H,12,14,15)/b4-3+. The third-order valence-electron chi connectivity index (χ3n) is 1.85. The van der Waals surface area contributed by atoms with Crippen LogP contribution in [0.2, 0.25) is 0 Å². The average Bonchev–Trinajstić information content (AvgIpc) is 2.20. The van der Waals surface area contributed by atoms with Crippen molar-refractivity contribution < 1.29 is 0 Å². The van der Waals surface area contributed by atoms with Gasteiger partial charge in [0, 0.05) is 12.7 Å². The fraction of sp³-hybridized carbons (Fsp3) is 0.200. The quantitative estimate of drug-likeness (QED) is 0.694. The molecule has 1 rings (SSSR count). The highest BCUT2D eigenvalue weighted by Gasteiger charge is 1.99. The van der Waals surface area contributed by atoms with Crippen molar-refractivity contribution >= 4 is 5.69 Å². The van der Waals surface area contributed by atoms with Gasteiger partial charge in [-0.3, -0.25) is 14.3 Å². The van der Waals surface area contributed by atoms with E-state index in [9.17, 15) is 9.59 Å². The first kappa shape index (κ1) is 11.0. The third kappa shape index (κ3) is 2.98. The fourth-order valence-corrected chi connectivity index (χ4v) is 1.10. The molecule has 1 aromatic heterocycles. The summed E-state index contributed by atoms with van der Waals surface area (Å²) in [6.07, 6.45) is 7.35. The summed E-state index contributed by atoms with van der Waals surface area (Å²) in [5.41, 5.74) is 4.44. The topological polar surface area (TPSA) is 80.9 Å². The lowest BCUT2D eigenvalue weighted by Crippen LogP contribution is -2.30. The van der Waals surface area contributed by atoms with Crippen LogP contribution in [0, 0.1) is 0 Å². The molecule has 1 aromatic rings. The molecule has 15 heavy (non-hydrogen) atoms. The molecule has 0 aliphatic rings. The molecule has 1 heterocycles. The van der Waals surface area contributed by atoms with Gasteiger partial charge in [0.1, 0.15) is 5.69 Å². The van der Waals surface area contributed by atoms with Crippen molar-refractivity contribution in [3.8, 4) is 0 Å². The van der Waals surface area contributed by atoms with E-state index >= 15 is 0 Å². The van der Waals surface area contributed by atoms with Gasteiger partial charge in [-0.25, -0.2) is 4.79 Å². The SMILES string of the molecule is C=C/C=C/CCn1cc(N)c(=O)[nH]c1=O. The van der Waals surface area contributed by atoms with Gasteiger partial charge in [-0.05, 0) is 6.42 Å². The van der Waals surface area contributed by atoms with Crippen LogP contribution in [0.4, 0.5) is 5.69 Å². The summed E-state index contributed by atoms with van der Waals surface area (Å²) in [7, 11) is 0. The van der Waals surface area contributed by atoms with Gasteiger partial charge in [-0.15, -0.1) is 0 Å². The van der Waals surface area contributed by atoms with E-state index in [2.05, 4.69) is 11.6 Å². The lowest BCUT2D eigenvalue weighted by Gasteiger charge is -2.02. The number of hydrogen-bond donors (Lipinski definition) is 2. The Morgan fingerprint density at radius 1 is 1.53 bits per heavy atom. The smallest absolute Gasteiger partial charge is 0.328 e. The second-order valence-electron chi connectivity index (χ2n) is 2.99. The molecule has 0 unspecified atom stereocenters. The van der Waals surface area contributed by atoms with Crippen molar-refractivity contribution in [2.75, 3.05) is 5.73 Å². The fourth-order valence-electron chi connectivity index (χ4n) is 1.10. The van der Waals surface area contributed by atoms with Crippen molar-refractivity contribution in [2.24, 2.45) is 0 Å². The molecule has 0 radical (unpaired) electrons.